The molecule has 1 atom stereocenters. The number of amides is 2. The summed E-state index contributed by atoms with van der Waals surface area (Å²) in [7, 11) is 0. The molecule has 0 heterocycles. The van der Waals surface area contributed by atoms with Gasteiger partial charge >= 0.3 is 0 Å². The quantitative estimate of drug-likeness (QED) is 0.435. The minimum absolute atomic E-state index is 0.119. The van der Waals surface area contributed by atoms with Gasteiger partial charge in [-0.25, -0.2) is 0 Å². The van der Waals surface area contributed by atoms with Gasteiger partial charge in [0.15, 0.2) is 0 Å². The van der Waals surface area contributed by atoms with Crippen LogP contribution in [0.15, 0.2) is 84.9 Å². The Morgan fingerprint density at radius 3 is 2.00 bits per heavy atom. The van der Waals surface area contributed by atoms with Gasteiger partial charge in [0.25, 0.3) is 5.91 Å². The molecule has 2 bridgehead atoms. The van der Waals surface area contributed by atoms with Crippen LogP contribution in [0, 0.1) is 5.92 Å². The van der Waals surface area contributed by atoms with Crippen molar-refractivity contribution in [2.45, 2.75) is 56.4 Å². The Labute approximate surface area is 201 Å². The van der Waals surface area contributed by atoms with Crippen molar-refractivity contribution in [2.24, 2.45) is 5.92 Å². The molecule has 0 saturated heterocycles. The fraction of sp³-hybridized carbons (Fsp3) is 0.333. The SMILES string of the molecule is O=C(C[C@@H](NC(=O)c1ccccc1)c1ccccc1)Nc1ccc(C23CCC(CC2)CC3)cc1. The van der Waals surface area contributed by atoms with Gasteiger partial charge < -0.3 is 10.6 Å². The highest BCUT2D eigenvalue weighted by Crippen LogP contribution is 2.51. The maximum absolute atomic E-state index is 13.0. The fourth-order valence-corrected chi connectivity index (χ4v) is 5.76. The maximum atomic E-state index is 13.0. The molecule has 34 heavy (non-hydrogen) atoms. The van der Waals surface area contributed by atoms with Gasteiger partial charge in [0, 0.05) is 11.3 Å². The molecule has 2 N–H and O–H groups in total. The first-order chi connectivity index (χ1) is 16.6. The summed E-state index contributed by atoms with van der Waals surface area (Å²) < 4.78 is 0. The molecule has 3 aromatic carbocycles. The highest BCUT2D eigenvalue weighted by Gasteiger charge is 2.41. The van der Waals surface area contributed by atoms with Gasteiger partial charge in [0.2, 0.25) is 5.91 Å². The Morgan fingerprint density at radius 1 is 0.794 bits per heavy atom. The van der Waals surface area contributed by atoms with Gasteiger partial charge in [-0.05, 0) is 85.3 Å². The topological polar surface area (TPSA) is 58.2 Å². The van der Waals surface area contributed by atoms with E-state index in [2.05, 4.69) is 22.8 Å². The van der Waals surface area contributed by atoms with E-state index in [4.69, 9.17) is 0 Å². The van der Waals surface area contributed by atoms with Crippen molar-refractivity contribution in [3.05, 3.63) is 102 Å². The summed E-state index contributed by atoms with van der Waals surface area (Å²) in [5.74, 6) is 0.639. The monoisotopic (exact) mass is 452 g/mol. The lowest BCUT2D eigenvalue weighted by Gasteiger charge is -2.47. The van der Waals surface area contributed by atoms with Crippen LogP contribution in [0.25, 0.3) is 0 Å². The first-order valence-corrected chi connectivity index (χ1v) is 12.4. The molecule has 4 heteroatoms. The molecular formula is C30H32N2O2. The second-order valence-corrected chi connectivity index (χ2v) is 9.89. The smallest absolute Gasteiger partial charge is 0.251 e. The number of hydrogen-bond acceptors (Lipinski definition) is 2. The van der Waals surface area contributed by atoms with Crippen molar-refractivity contribution in [2.75, 3.05) is 5.32 Å². The predicted octanol–water partition coefficient (Wildman–Crippen LogP) is 6.41. The summed E-state index contributed by atoms with van der Waals surface area (Å²) >= 11 is 0. The predicted molar refractivity (Wildman–Crippen MR) is 136 cm³/mol. The highest BCUT2D eigenvalue weighted by atomic mass is 16.2. The minimum atomic E-state index is -0.413. The average molecular weight is 453 g/mol. The van der Waals surface area contributed by atoms with E-state index in [1.165, 1.54) is 44.1 Å². The maximum Gasteiger partial charge on any atom is 0.251 e. The zero-order valence-corrected chi connectivity index (χ0v) is 19.5. The number of nitrogens with one attached hydrogen (secondary N) is 2. The second-order valence-electron chi connectivity index (χ2n) is 9.89. The third kappa shape index (κ3) is 4.91. The first-order valence-electron chi connectivity index (χ1n) is 12.4. The second kappa shape index (κ2) is 9.84. The summed E-state index contributed by atoms with van der Waals surface area (Å²) in [6.07, 6.45) is 8.11. The fourth-order valence-electron chi connectivity index (χ4n) is 5.76. The average Bonchev–Trinajstić information content (AvgIpc) is 2.90. The number of rotatable bonds is 7. The van der Waals surface area contributed by atoms with Crippen LogP contribution in [0.1, 0.15) is 72.5 Å². The molecule has 3 aromatic rings. The zero-order chi connectivity index (χ0) is 23.4. The van der Waals surface area contributed by atoms with E-state index in [9.17, 15) is 9.59 Å². The molecule has 0 unspecified atom stereocenters. The van der Waals surface area contributed by atoms with Crippen molar-refractivity contribution in [3.8, 4) is 0 Å². The number of carbonyl (C=O) groups excluding carboxylic acids is 2. The van der Waals surface area contributed by atoms with Crippen LogP contribution in [-0.2, 0) is 10.2 Å². The standard InChI is InChI=1S/C30H32N2O2/c33-28(31-26-13-11-25(12-14-26)30-18-15-22(16-19-30)17-20-30)21-27(23-7-3-1-4-8-23)32-29(34)24-9-5-2-6-10-24/h1-14,22,27H,15-21H2,(H,31,33)(H,32,34)/t22?,27-,30?/m1/s1. The van der Waals surface area contributed by atoms with Gasteiger partial charge in [-0.2, -0.15) is 0 Å². The van der Waals surface area contributed by atoms with Crippen molar-refractivity contribution < 1.29 is 9.59 Å². The molecule has 2 amide bonds. The van der Waals surface area contributed by atoms with Crippen LogP contribution in [0.5, 0.6) is 0 Å². The van der Waals surface area contributed by atoms with Gasteiger partial charge in [-0.3, -0.25) is 9.59 Å². The van der Waals surface area contributed by atoms with Crippen LogP contribution < -0.4 is 10.6 Å². The third-order valence-electron chi connectivity index (χ3n) is 7.81. The van der Waals surface area contributed by atoms with E-state index in [1.54, 1.807) is 12.1 Å². The number of benzene rings is 3. The zero-order valence-electron chi connectivity index (χ0n) is 19.5. The molecule has 6 rings (SSSR count). The van der Waals surface area contributed by atoms with Crippen molar-refractivity contribution in [1.29, 1.82) is 0 Å². The number of fused-ring (bicyclic) bond motifs is 3. The van der Waals surface area contributed by atoms with E-state index in [-0.39, 0.29) is 18.2 Å². The Balaban J connectivity index is 1.25. The largest absolute Gasteiger partial charge is 0.345 e. The lowest BCUT2D eigenvalue weighted by Crippen LogP contribution is -2.37. The Hall–Kier alpha value is -3.40. The van der Waals surface area contributed by atoms with E-state index >= 15 is 0 Å². The molecule has 0 aromatic heterocycles. The first kappa shape index (κ1) is 22.4. The number of anilines is 1. The summed E-state index contributed by atoms with van der Waals surface area (Å²) in [6.45, 7) is 0. The van der Waals surface area contributed by atoms with E-state index in [0.29, 0.717) is 11.0 Å². The van der Waals surface area contributed by atoms with Gasteiger partial charge in [0.1, 0.15) is 0 Å². The van der Waals surface area contributed by atoms with Gasteiger partial charge in [-0.1, -0.05) is 60.7 Å². The number of hydrogen-bond donors (Lipinski definition) is 2. The summed E-state index contributed by atoms with van der Waals surface area (Å²) in [4.78, 5) is 25.7. The molecule has 3 aliphatic rings. The summed E-state index contributed by atoms with van der Waals surface area (Å²) in [5.41, 5.74) is 4.05. The molecule has 0 spiro atoms. The van der Waals surface area contributed by atoms with E-state index in [0.717, 1.165) is 17.2 Å². The van der Waals surface area contributed by atoms with Gasteiger partial charge in [0.05, 0.1) is 12.5 Å². The normalized spacial score (nSPS) is 22.1. The van der Waals surface area contributed by atoms with E-state index in [1.807, 2.05) is 60.7 Å². The van der Waals surface area contributed by atoms with Crippen molar-refractivity contribution in [3.63, 3.8) is 0 Å². The molecule has 3 saturated carbocycles. The summed E-state index contributed by atoms with van der Waals surface area (Å²) in [6, 6.07) is 26.8. The molecule has 0 radical (unpaired) electrons. The van der Waals surface area contributed by atoms with Crippen LogP contribution in [-0.4, -0.2) is 11.8 Å². The third-order valence-corrected chi connectivity index (χ3v) is 7.81. The molecule has 174 valence electrons. The van der Waals surface area contributed by atoms with Crippen molar-refractivity contribution in [1.82, 2.24) is 5.32 Å². The molecule has 0 aliphatic heterocycles. The lowest BCUT2D eigenvalue weighted by molar-refractivity contribution is -0.116. The van der Waals surface area contributed by atoms with Crippen LogP contribution in [0.4, 0.5) is 5.69 Å². The lowest BCUT2D eigenvalue weighted by atomic mass is 9.58. The molecular weight excluding hydrogens is 420 g/mol. The van der Waals surface area contributed by atoms with Gasteiger partial charge in [-0.15, -0.1) is 0 Å². The van der Waals surface area contributed by atoms with Crippen LogP contribution in [0.3, 0.4) is 0 Å². The van der Waals surface area contributed by atoms with E-state index < -0.39 is 6.04 Å². The summed E-state index contributed by atoms with van der Waals surface area (Å²) in [5, 5.41) is 6.07. The van der Waals surface area contributed by atoms with Crippen LogP contribution >= 0.6 is 0 Å². The highest BCUT2D eigenvalue weighted by molar-refractivity contribution is 5.95. The van der Waals surface area contributed by atoms with Crippen molar-refractivity contribution >= 4 is 17.5 Å². The molecule has 4 nitrogen and oxygen atoms in total. The minimum Gasteiger partial charge on any atom is -0.345 e. The van der Waals surface area contributed by atoms with Crippen LogP contribution in [0.2, 0.25) is 0 Å². The Kier molecular flexibility index (Phi) is 6.48. The molecule has 3 fully saturated rings. The number of carbonyl (C=O) groups is 2. The Morgan fingerprint density at radius 2 is 1.38 bits per heavy atom. The molecule has 3 aliphatic carbocycles. The Bertz CT molecular complexity index is 1100.